The normalized spacial score (nSPS) is 17.3. The van der Waals surface area contributed by atoms with Crippen molar-refractivity contribution in [1.82, 2.24) is 19.7 Å². The summed E-state index contributed by atoms with van der Waals surface area (Å²) in [5.74, 6) is 0.549. The van der Waals surface area contributed by atoms with Gasteiger partial charge in [0.05, 0.1) is 17.7 Å². The van der Waals surface area contributed by atoms with Crippen molar-refractivity contribution in [2.45, 2.75) is 32.9 Å². The van der Waals surface area contributed by atoms with Gasteiger partial charge in [-0.3, -0.25) is 4.68 Å². The van der Waals surface area contributed by atoms with E-state index in [4.69, 9.17) is 9.84 Å². The fraction of sp³-hybridized carbons (Fsp3) is 0.455. The molecule has 3 heterocycles. The number of thiazole rings is 1. The first-order valence-electron chi connectivity index (χ1n) is 10.3. The van der Waals surface area contributed by atoms with Gasteiger partial charge in [0.1, 0.15) is 5.69 Å². The maximum Gasteiger partial charge on any atom is 0.183 e. The molecule has 3 aromatic rings. The molecule has 1 saturated heterocycles. The van der Waals surface area contributed by atoms with E-state index in [1.165, 1.54) is 32.6 Å². The van der Waals surface area contributed by atoms with Crippen molar-refractivity contribution in [3.8, 4) is 16.3 Å². The topological polar surface area (TPSA) is 55.2 Å². The summed E-state index contributed by atoms with van der Waals surface area (Å²) < 4.78 is 20.7. The molecule has 2 aromatic heterocycles. The summed E-state index contributed by atoms with van der Waals surface area (Å²) >= 11 is 1.59. The second-order valence-corrected chi connectivity index (χ2v) is 8.95. The highest BCUT2D eigenvalue weighted by Crippen LogP contribution is 2.32. The van der Waals surface area contributed by atoms with Crippen molar-refractivity contribution in [1.29, 1.82) is 0 Å². The molecule has 1 N–H and O–H groups in total. The Morgan fingerprint density at radius 1 is 1.33 bits per heavy atom. The van der Waals surface area contributed by atoms with E-state index < -0.39 is 0 Å². The van der Waals surface area contributed by atoms with Crippen LogP contribution in [-0.2, 0) is 13.1 Å². The van der Waals surface area contributed by atoms with Gasteiger partial charge < -0.3 is 15.0 Å². The number of aromatic nitrogens is 3. The number of piperidine rings is 1. The van der Waals surface area contributed by atoms with E-state index in [9.17, 15) is 4.39 Å². The number of halogens is 1. The van der Waals surface area contributed by atoms with Crippen LogP contribution in [0.2, 0.25) is 0 Å². The molecule has 1 aliphatic rings. The first-order valence-corrected chi connectivity index (χ1v) is 11.1. The van der Waals surface area contributed by atoms with Crippen molar-refractivity contribution in [3.63, 3.8) is 0 Å². The smallest absolute Gasteiger partial charge is 0.183 e. The first-order chi connectivity index (χ1) is 14.5. The minimum atomic E-state index is -0.357. The Labute approximate surface area is 180 Å². The lowest BCUT2D eigenvalue weighted by molar-refractivity contribution is 0.191. The number of nitrogens with one attached hydrogen (secondary N) is 1. The predicted octanol–water partition coefficient (Wildman–Crippen LogP) is 4.42. The molecule has 0 radical (unpaired) electrons. The molecule has 30 heavy (non-hydrogen) atoms. The fourth-order valence-corrected chi connectivity index (χ4v) is 4.90. The van der Waals surface area contributed by atoms with Crippen LogP contribution in [0.15, 0.2) is 30.5 Å². The van der Waals surface area contributed by atoms with Crippen LogP contribution in [0.5, 0.6) is 5.75 Å². The molecule has 6 nitrogen and oxygen atoms in total. The Hall–Kier alpha value is -2.45. The average Bonchev–Trinajstić information content (AvgIpc) is 3.33. The minimum absolute atomic E-state index is 0.250. The molecule has 0 bridgehead atoms. The highest BCUT2D eigenvalue weighted by atomic mass is 32.1. The molecule has 4 rings (SSSR count). The Balaban J connectivity index is 1.41. The molecule has 1 aromatic carbocycles. The van der Waals surface area contributed by atoms with Gasteiger partial charge >= 0.3 is 0 Å². The number of hydrogen-bond acceptors (Lipinski definition) is 6. The van der Waals surface area contributed by atoms with Gasteiger partial charge in [0.25, 0.3) is 0 Å². The van der Waals surface area contributed by atoms with E-state index in [1.54, 1.807) is 23.5 Å². The standard InChI is InChI=1S/C22H28FN5OS/c1-15-21(19-8-10-28(26-19)14-17-5-4-9-27(2)13-17)30-22(25-15)24-12-16-6-7-18(23)20(11-16)29-3/h6-8,10-11,17H,4-5,9,12-14H2,1-3H3,(H,24,25). The van der Waals surface area contributed by atoms with Crippen molar-refractivity contribution in [3.05, 3.63) is 47.5 Å². The highest BCUT2D eigenvalue weighted by Gasteiger charge is 2.19. The molecule has 0 saturated carbocycles. The number of anilines is 1. The molecular formula is C22H28FN5OS. The van der Waals surface area contributed by atoms with Gasteiger partial charge in [0.2, 0.25) is 0 Å². The molecule has 0 amide bonds. The van der Waals surface area contributed by atoms with Gasteiger partial charge in [-0.25, -0.2) is 9.37 Å². The van der Waals surface area contributed by atoms with E-state index in [0.717, 1.165) is 40.0 Å². The summed E-state index contributed by atoms with van der Waals surface area (Å²) in [6.07, 6.45) is 4.60. The van der Waals surface area contributed by atoms with Crippen LogP contribution in [0.3, 0.4) is 0 Å². The number of methoxy groups -OCH3 is 1. The van der Waals surface area contributed by atoms with Crippen molar-refractivity contribution >= 4 is 16.5 Å². The zero-order valence-corrected chi connectivity index (χ0v) is 18.5. The van der Waals surface area contributed by atoms with Gasteiger partial charge in [0.15, 0.2) is 16.7 Å². The predicted molar refractivity (Wildman–Crippen MR) is 119 cm³/mol. The largest absolute Gasteiger partial charge is 0.494 e. The van der Waals surface area contributed by atoms with Gasteiger partial charge in [0, 0.05) is 25.8 Å². The first kappa shape index (κ1) is 20.8. The molecular weight excluding hydrogens is 401 g/mol. The number of likely N-dealkylation sites (tertiary alicyclic amines) is 1. The van der Waals surface area contributed by atoms with Gasteiger partial charge in [-0.15, -0.1) is 0 Å². The van der Waals surface area contributed by atoms with Crippen LogP contribution in [0.1, 0.15) is 24.1 Å². The lowest BCUT2D eigenvalue weighted by atomic mass is 9.99. The Kier molecular flexibility index (Phi) is 6.34. The molecule has 8 heteroatoms. The number of rotatable bonds is 7. The van der Waals surface area contributed by atoms with Crippen LogP contribution in [0, 0.1) is 18.7 Å². The van der Waals surface area contributed by atoms with Gasteiger partial charge in [-0.1, -0.05) is 17.4 Å². The Morgan fingerprint density at radius 3 is 3.00 bits per heavy atom. The van der Waals surface area contributed by atoms with Gasteiger partial charge in [-0.2, -0.15) is 5.10 Å². The zero-order valence-electron chi connectivity index (χ0n) is 17.7. The van der Waals surface area contributed by atoms with Crippen molar-refractivity contribution in [2.24, 2.45) is 5.92 Å². The van der Waals surface area contributed by atoms with Gasteiger partial charge in [-0.05, 0) is 63.0 Å². The lowest BCUT2D eigenvalue weighted by Crippen LogP contribution is -2.34. The fourth-order valence-electron chi connectivity index (χ4n) is 3.97. The van der Waals surface area contributed by atoms with Crippen LogP contribution in [-0.4, -0.2) is 46.9 Å². The third-order valence-electron chi connectivity index (χ3n) is 5.50. The summed E-state index contributed by atoms with van der Waals surface area (Å²) in [6, 6.07) is 6.94. The lowest BCUT2D eigenvalue weighted by Gasteiger charge is -2.29. The average molecular weight is 430 g/mol. The van der Waals surface area contributed by atoms with Crippen LogP contribution in [0.4, 0.5) is 9.52 Å². The van der Waals surface area contributed by atoms with Crippen LogP contribution in [0.25, 0.3) is 10.6 Å². The third-order valence-corrected chi connectivity index (χ3v) is 6.63. The number of nitrogens with zero attached hydrogens (tertiary/aromatic N) is 4. The number of ether oxygens (including phenoxy) is 1. The van der Waals surface area contributed by atoms with E-state index in [0.29, 0.717) is 12.5 Å². The van der Waals surface area contributed by atoms with Crippen LogP contribution >= 0.6 is 11.3 Å². The second kappa shape index (κ2) is 9.14. The minimum Gasteiger partial charge on any atom is -0.494 e. The maximum atomic E-state index is 13.6. The highest BCUT2D eigenvalue weighted by molar-refractivity contribution is 7.19. The van der Waals surface area contributed by atoms with Crippen LogP contribution < -0.4 is 10.1 Å². The molecule has 1 fully saturated rings. The molecule has 1 atom stereocenters. The summed E-state index contributed by atoms with van der Waals surface area (Å²) in [5, 5.41) is 8.96. The Morgan fingerprint density at radius 2 is 2.20 bits per heavy atom. The quantitative estimate of drug-likeness (QED) is 0.603. The van der Waals surface area contributed by atoms with Crippen molar-refractivity contribution in [2.75, 3.05) is 32.6 Å². The Bertz CT molecular complexity index is 1000. The SMILES string of the molecule is COc1cc(CNc2nc(C)c(-c3ccn(CC4CCCN(C)C4)n3)s2)ccc1F. The molecule has 1 aliphatic heterocycles. The number of aryl methyl sites for hydroxylation is 1. The van der Waals surface area contributed by atoms with Crippen molar-refractivity contribution < 1.29 is 9.13 Å². The van der Waals surface area contributed by atoms with E-state index in [-0.39, 0.29) is 11.6 Å². The molecule has 160 valence electrons. The number of benzene rings is 1. The molecule has 1 unspecified atom stereocenters. The summed E-state index contributed by atoms with van der Waals surface area (Å²) in [7, 11) is 3.66. The molecule has 0 spiro atoms. The summed E-state index contributed by atoms with van der Waals surface area (Å²) in [4.78, 5) is 8.12. The second-order valence-electron chi connectivity index (χ2n) is 7.95. The summed E-state index contributed by atoms with van der Waals surface area (Å²) in [5.41, 5.74) is 2.86. The summed E-state index contributed by atoms with van der Waals surface area (Å²) in [6.45, 7) is 5.85. The number of hydrogen-bond donors (Lipinski definition) is 1. The monoisotopic (exact) mass is 429 g/mol. The maximum absolute atomic E-state index is 13.6. The van der Waals surface area contributed by atoms with E-state index in [1.807, 2.05) is 6.92 Å². The van der Waals surface area contributed by atoms with E-state index in [2.05, 4.69) is 39.2 Å². The molecule has 0 aliphatic carbocycles. The zero-order chi connectivity index (χ0) is 21.1. The van der Waals surface area contributed by atoms with E-state index >= 15 is 0 Å². The third kappa shape index (κ3) is 4.82.